The molecule has 4 rings (SSSR count). The molecule has 37 heavy (non-hydrogen) atoms. The lowest BCUT2D eigenvalue weighted by atomic mass is 10.2. The predicted molar refractivity (Wildman–Crippen MR) is 144 cm³/mol. The molecular formula is C28H26N4O4S. The molecule has 0 saturated carbocycles. The third kappa shape index (κ3) is 7.49. The lowest BCUT2D eigenvalue weighted by Crippen LogP contribution is -2.16. The number of amides is 1. The van der Waals surface area contributed by atoms with Crippen LogP contribution in [-0.4, -0.2) is 24.3 Å². The quantitative estimate of drug-likeness (QED) is 0.300. The summed E-state index contributed by atoms with van der Waals surface area (Å²) in [6.07, 6.45) is 3.09. The first-order valence-electron chi connectivity index (χ1n) is 11.5. The van der Waals surface area contributed by atoms with Crippen molar-refractivity contribution in [1.82, 2.24) is 9.97 Å². The van der Waals surface area contributed by atoms with Crippen LogP contribution >= 0.6 is 0 Å². The maximum absolute atomic E-state index is 12.7. The Balaban J connectivity index is 1.31. The fraction of sp³-hybridized carbons (Fsp3) is 0.107. The minimum Gasteiger partial charge on any atom is -0.489 e. The number of hydrogen-bond donors (Lipinski definition) is 2. The average Bonchev–Trinajstić information content (AvgIpc) is 2.87. The van der Waals surface area contributed by atoms with Crippen molar-refractivity contribution < 1.29 is 17.9 Å². The monoisotopic (exact) mass is 514 g/mol. The second-order valence-corrected chi connectivity index (χ2v) is 9.95. The van der Waals surface area contributed by atoms with Crippen molar-refractivity contribution in [3.8, 4) is 5.75 Å². The van der Waals surface area contributed by atoms with Crippen LogP contribution in [0.3, 0.4) is 0 Å². The molecule has 4 aromatic rings. The van der Waals surface area contributed by atoms with E-state index in [0.717, 1.165) is 16.9 Å². The van der Waals surface area contributed by atoms with E-state index in [-0.39, 0.29) is 16.8 Å². The van der Waals surface area contributed by atoms with Gasteiger partial charge in [-0.25, -0.2) is 23.1 Å². The van der Waals surface area contributed by atoms with Crippen LogP contribution in [0.1, 0.15) is 22.5 Å². The summed E-state index contributed by atoms with van der Waals surface area (Å²) in [4.78, 5) is 20.6. The topological polar surface area (TPSA) is 110 Å². The van der Waals surface area contributed by atoms with E-state index in [1.807, 2.05) is 54.6 Å². The smallest absolute Gasteiger partial charge is 0.264 e. The second-order valence-electron chi connectivity index (χ2n) is 8.27. The Morgan fingerprint density at radius 3 is 2.19 bits per heavy atom. The van der Waals surface area contributed by atoms with E-state index >= 15 is 0 Å². The Morgan fingerprint density at radius 1 is 0.892 bits per heavy atom. The molecule has 0 spiro atoms. The highest BCUT2D eigenvalue weighted by atomic mass is 32.2. The van der Waals surface area contributed by atoms with E-state index in [2.05, 4.69) is 20.0 Å². The number of aryl methyl sites for hydroxylation is 2. The van der Waals surface area contributed by atoms with E-state index in [4.69, 9.17) is 4.74 Å². The summed E-state index contributed by atoms with van der Waals surface area (Å²) < 4.78 is 33.5. The lowest BCUT2D eigenvalue weighted by Gasteiger charge is -2.09. The van der Waals surface area contributed by atoms with Gasteiger partial charge in [-0.1, -0.05) is 42.5 Å². The summed E-state index contributed by atoms with van der Waals surface area (Å²) in [6, 6.07) is 24.9. The van der Waals surface area contributed by atoms with Crippen molar-refractivity contribution in [2.75, 3.05) is 10.0 Å². The van der Waals surface area contributed by atoms with Gasteiger partial charge in [0.1, 0.15) is 12.4 Å². The van der Waals surface area contributed by atoms with Crippen LogP contribution in [0.4, 0.5) is 11.6 Å². The van der Waals surface area contributed by atoms with Gasteiger partial charge in [0.15, 0.2) is 0 Å². The molecule has 8 nitrogen and oxygen atoms in total. The van der Waals surface area contributed by atoms with Gasteiger partial charge in [0.25, 0.3) is 10.0 Å². The minimum absolute atomic E-state index is 0.0100. The number of benzene rings is 3. The number of rotatable bonds is 9. The Morgan fingerprint density at radius 2 is 1.54 bits per heavy atom. The molecule has 0 aliphatic heterocycles. The molecule has 1 heterocycles. The molecule has 2 N–H and O–H groups in total. The zero-order valence-corrected chi connectivity index (χ0v) is 21.2. The van der Waals surface area contributed by atoms with Gasteiger partial charge in [-0.05, 0) is 73.5 Å². The van der Waals surface area contributed by atoms with Crippen molar-refractivity contribution in [1.29, 1.82) is 0 Å². The highest BCUT2D eigenvalue weighted by Crippen LogP contribution is 2.18. The molecular weight excluding hydrogens is 488 g/mol. The third-order valence-electron chi connectivity index (χ3n) is 5.20. The van der Waals surface area contributed by atoms with E-state index in [0.29, 0.717) is 23.7 Å². The first-order valence-corrected chi connectivity index (χ1v) is 13.0. The molecule has 0 saturated heterocycles. The van der Waals surface area contributed by atoms with E-state index < -0.39 is 10.0 Å². The summed E-state index contributed by atoms with van der Waals surface area (Å²) in [5.41, 5.74) is 3.69. The largest absolute Gasteiger partial charge is 0.489 e. The van der Waals surface area contributed by atoms with E-state index in [9.17, 15) is 13.2 Å². The van der Waals surface area contributed by atoms with Gasteiger partial charge >= 0.3 is 0 Å². The molecule has 1 amide bonds. The van der Waals surface area contributed by atoms with Crippen LogP contribution in [0.2, 0.25) is 0 Å². The van der Waals surface area contributed by atoms with Crippen molar-refractivity contribution in [2.24, 2.45) is 0 Å². The highest BCUT2D eigenvalue weighted by molar-refractivity contribution is 7.92. The molecule has 188 valence electrons. The van der Waals surface area contributed by atoms with Crippen LogP contribution in [0.25, 0.3) is 6.08 Å². The Labute approximate surface area is 216 Å². The number of carbonyl (C=O) groups is 1. The fourth-order valence-corrected chi connectivity index (χ4v) is 4.38. The number of sulfonamides is 1. The summed E-state index contributed by atoms with van der Waals surface area (Å²) >= 11 is 0. The van der Waals surface area contributed by atoms with E-state index in [1.165, 1.54) is 30.3 Å². The molecule has 9 heteroatoms. The third-order valence-corrected chi connectivity index (χ3v) is 6.54. The summed E-state index contributed by atoms with van der Waals surface area (Å²) in [7, 11) is -3.87. The highest BCUT2D eigenvalue weighted by Gasteiger charge is 2.16. The van der Waals surface area contributed by atoms with Crippen LogP contribution < -0.4 is 14.8 Å². The summed E-state index contributed by atoms with van der Waals surface area (Å²) in [5.74, 6) is 0.400. The Hall–Kier alpha value is -4.50. The maximum Gasteiger partial charge on any atom is 0.264 e. The van der Waals surface area contributed by atoms with Crippen LogP contribution in [0.15, 0.2) is 95.9 Å². The molecule has 0 radical (unpaired) electrons. The maximum atomic E-state index is 12.7. The van der Waals surface area contributed by atoms with Crippen LogP contribution in [0.5, 0.6) is 5.75 Å². The first kappa shape index (κ1) is 25.6. The lowest BCUT2D eigenvalue weighted by molar-refractivity contribution is -0.111. The van der Waals surface area contributed by atoms with Crippen molar-refractivity contribution >= 4 is 33.6 Å². The Bertz CT molecular complexity index is 1480. The van der Waals surface area contributed by atoms with Crippen molar-refractivity contribution in [3.05, 3.63) is 114 Å². The minimum atomic E-state index is -3.87. The first-order chi connectivity index (χ1) is 17.8. The Kier molecular flexibility index (Phi) is 7.95. The second kappa shape index (κ2) is 11.5. The van der Waals surface area contributed by atoms with Gasteiger partial charge in [-0.15, -0.1) is 0 Å². The normalized spacial score (nSPS) is 11.3. The number of nitrogens with one attached hydrogen (secondary N) is 2. The van der Waals surface area contributed by atoms with Gasteiger partial charge in [-0.2, -0.15) is 0 Å². The molecule has 1 aromatic heterocycles. The molecule has 0 aliphatic carbocycles. The molecule has 0 atom stereocenters. The SMILES string of the molecule is Cc1cc(C)nc(NS(=O)(=O)c2ccc(NC(=O)/C=C/c3ccc(OCc4ccccc4)cc3)cc2)n1. The molecule has 0 aliphatic rings. The van der Waals surface area contributed by atoms with Gasteiger partial charge in [0.2, 0.25) is 11.9 Å². The summed E-state index contributed by atoms with van der Waals surface area (Å²) in [6.45, 7) is 4.00. The number of nitrogens with zero attached hydrogens (tertiary/aromatic N) is 2. The fourth-order valence-electron chi connectivity index (χ4n) is 3.44. The molecule has 0 bridgehead atoms. The predicted octanol–water partition coefficient (Wildman–Crippen LogP) is 5.13. The van der Waals surface area contributed by atoms with Crippen molar-refractivity contribution in [2.45, 2.75) is 25.3 Å². The van der Waals surface area contributed by atoms with Gasteiger partial charge in [-0.3, -0.25) is 4.79 Å². The molecule has 0 fully saturated rings. The molecule has 3 aromatic carbocycles. The van der Waals surface area contributed by atoms with Crippen LogP contribution in [0, 0.1) is 13.8 Å². The number of ether oxygens (including phenoxy) is 1. The zero-order chi connectivity index (χ0) is 26.3. The van der Waals surface area contributed by atoms with Crippen LogP contribution in [-0.2, 0) is 21.4 Å². The number of aromatic nitrogens is 2. The standard InChI is InChI=1S/C28H26N4O4S/c1-20-18-21(2)30-28(29-20)32-37(34,35)26-15-11-24(12-16-26)31-27(33)17-10-22-8-13-25(14-9-22)36-19-23-6-4-3-5-7-23/h3-18H,19H2,1-2H3,(H,31,33)(H,29,30,32)/b17-10+. The molecule has 0 unspecified atom stereocenters. The zero-order valence-electron chi connectivity index (χ0n) is 20.4. The van der Waals surface area contributed by atoms with E-state index in [1.54, 1.807) is 26.0 Å². The van der Waals surface area contributed by atoms with Gasteiger partial charge in [0, 0.05) is 23.2 Å². The number of hydrogen-bond acceptors (Lipinski definition) is 6. The summed E-state index contributed by atoms with van der Waals surface area (Å²) in [5, 5.41) is 2.71. The number of anilines is 2. The van der Waals surface area contributed by atoms with Gasteiger partial charge in [0.05, 0.1) is 4.90 Å². The average molecular weight is 515 g/mol. The van der Waals surface area contributed by atoms with Gasteiger partial charge < -0.3 is 10.1 Å². The van der Waals surface area contributed by atoms with Crippen molar-refractivity contribution in [3.63, 3.8) is 0 Å². The number of carbonyl (C=O) groups excluding carboxylic acids is 1.